The fourth-order valence-corrected chi connectivity index (χ4v) is 3.16. The van der Waals surface area contributed by atoms with Crippen LogP contribution in [0.2, 0.25) is 0 Å². The monoisotopic (exact) mass is 442 g/mol. The number of aliphatic carboxylic acids is 1. The van der Waals surface area contributed by atoms with E-state index in [1.54, 1.807) is 19.1 Å². The number of ether oxygens (including phenoxy) is 2. The first kappa shape index (κ1) is 23.1. The van der Waals surface area contributed by atoms with Crippen molar-refractivity contribution in [1.82, 2.24) is 4.98 Å². The Balaban J connectivity index is 1.99. The maximum Gasteiger partial charge on any atom is 0.344 e. The van der Waals surface area contributed by atoms with Gasteiger partial charge >= 0.3 is 5.97 Å². The molecule has 3 aromatic rings. The Morgan fingerprint density at radius 3 is 2.47 bits per heavy atom. The molecule has 0 aliphatic heterocycles. The van der Waals surface area contributed by atoms with E-state index in [1.165, 1.54) is 6.92 Å². The number of aryl methyl sites for hydroxylation is 1. The van der Waals surface area contributed by atoms with Gasteiger partial charge in [0.2, 0.25) is 0 Å². The molecule has 32 heavy (non-hydrogen) atoms. The Morgan fingerprint density at radius 2 is 1.81 bits per heavy atom. The fourth-order valence-electron chi connectivity index (χ4n) is 3.16. The first-order valence-corrected chi connectivity index (χ1v) is 10.1. The van der Waals surface area contributed by atoms with E-state index < -0.39 is 35.5 Å². The Hall–Kier alpha value is -3.52. The average molecular weight is 442 g/mol. The zero-order valence-electron chi connectivity index (χ0n) is 18.0. The van der Waals surface area contributed by atoms with Crippen molar-refractivity contribution in [3.05, 3.63) is 70.8 Å². The lowest BCUT2D eigenvalue weighted by Gasteiger charge is -2.16. The summed E-state index contributed by atoms with van der Waals surface area (Å²) in [6, 6.07) is 13.0. The van der Waals surface area contributed by atoms with Crippen LogP contribution >= 0.6 is 0 Å². The number of halogens is 2. The number of aromatic nitrogens is 1. The van der Waals surface area contributed by atoms with Gasteiger partial charge in [-0.1, -0.05) is 31.2 Å². The van der Waals surface area contributed by atoms with Crippen LogP contribution in [0.25, 0.3) is 11.1 Å². The third kappa shape index (κ3) is 5.03. The molecule has 0 radical (unpaired) electrons. The third-order valence-corrected chi connectivity index (χ3v) is 4.90. The van der Waals surface area contributed by atoms with E-state index in [9.17, 15) is 18.7 Å². The molecular weight excluding hydrogens is 418 g/mol. The minimum absolute atomic E-state index is 0.0756. The highest BCUT2D eigenvalue weighted by Gasteiger charge is 2.25. The fraction of sp³-hybridized carbons (Fsp3) is 0.250. The average Bonchev–Trinajstić information content (AvgIpc) is 2.78. The Morgan fingerprint density at radius 1 is 1.09 bits per heavy atom. The number of hydrogen-bond acceptors (Lipinski definition) is 5. The molecule has 0 saturated carbocycles. The summed E-state index contributed by atoms with van der Waals surface area (Å²) in [6.45, 7) is 5.02. The van der Waals surface area contributed by atoms with Gasteiger partial charge in [-0.2, -0.15) is 4.98 Å². The second-order valence-electron chi connectivity index (χ2n) is 7.37. The summed E-state index contributed by atoms with van der Waals surface area (Å²) in [5, 5.41) is 9.17. The highest BCUT2D eigenvalue weighted by Crippen LogP contribution is 2.33. The molecule has 1 atom stereocenters. The molecule has 0 spiro atoms. The van der Waals surface area contributed by atoms with Gasteiger partial charge in [-0.25, -0.2) is 13.6 Å². The lowest BCUT2D eigenvalue weighted by Crippen LogP contribution is -2.27. The van der Waals surface area contributed by atoms with Gasteiger partial charge in [-0.15, -0.1) is 0 Å². The van der Waals surface area contributed by atoms with Gasteiger partial charge in [0.1, 0.15) is 5.75 Å². The number of carbonyl (C=O) groups is 1. The van der Waals surface area contributed by atoms with Crippen molar-refractivity contribution < 1.29 is 28.2 Å². The molecule has 1 unspecified atom stereocenters. The van der Waals surface area contributed by atoms with Crippen LogP contribution < -0.4 is 15.2 Å². The number of carboxylic acids is 1. The normalized spacial score (nSPS) is 11.8. The number of nitrogens with zero attached hydrogens (tertiary/aromatic N) is 1. The van der Waals surface area contributed by atoms with E-state index in [4.69, 9.17) is 15.2 Å². The predicted molar refractivity (Wildman–Crippen MR) is 116 cm³/mol. The van der Waals surface area contributed by atoms with E-state index in [2.05, 4.69) is 4.98 Å². The molecule has 0 saturated heterocycles. The summed E-state index contributed by atoms with van der Waals surface area (Å²) in [4.78, 5) is 15.0. The van der Waals surface area contributed by atoms with Crippen LogP contribution in [-0.4, -0.2) is 22.2 Å². The Labute approximate surface area is 184 Å². The molecule has 0 fully saturated rings. The Bertz CT molecular complexity index is 1150. The Kier molecular flexibility index (Phi) is 7.05. The van der Waals surface area contributed by atoms with Gasteiger partial charge in [-0.3, -0.25) is 0 Å². The number of pyridine rings is 1. The molecule has 0 aliphatic rings. The van der Waals surface area contributed by atoms with Gasteiger partial charge in [0.15, 0.2) is 17.7 Å². The minimum Gasteiger partial charge on any atom is -0.479 e. The van der Waals surface area contributed by atoms with Crippen molar-refractivity contribution in [2.24, 2.45) is 5.73 Å². The van der Waals surface area contributed by atoms with E-state index in [-0.39, 0.29) is 17.7 Å². The lowest BCUT2D eigenvalue weighted by molar-refractivity contribution is -0.145. The number of hydrogen-bond donors (Lipinski definition) is 2. The van der Waals surface area contributed by atoms with E-state index in [1.807, 2.05) is 37.3 Å². The summed E-state index contributed by atoms with van der Waals surface area (Å²) < 4.78 is 40.0. The van der Waals surface area contributed by atoms with Crippen molar-refractivity contribution in [2.75, 3.05) is 0 Å². The minimum atomic E-state index is -1.32. The van der Waals surface area contributed by atoms with Crippen LogP contribution in [-0.2, 0) is 11.3 Å². The summed E-state index contributed by atoms with van der Waals surface area (Å²) in [5.74, 6) is -4.19. The maximum absolute atomic E-state index is 14.7. The first-order chi connectivity index (χ1) is 15.2. The molecule has 0 bridgehead atoms. The predicted octanol–water partition coefficient (Wildman–Crippen LogP) is 5.14. The maximum atomic E-state index is 14.7. The SMILES string of the molecule is CCC(Oc1nc(Oc2cc(C)cc(-c3cccc(CN)c3)c2)c(F)c(C)c1F)C(=O)O. The standard InChI is InChI=1S/C24H24F2N2O4/c1-4-19(24(29)30)32-23-21(26)14(3)20(25)22(28-23)31-18-9-13(2)8-17(11-18)16-7-5-6-15(10-16)12-27/h5-11,19H,4,12,27H2,1-3H3,(H,29,30). The zero-order chi connectivity index (χ0) is 23.4. The highest BCUT2D eigenvalue weighted by atomic mass is 19.1. The van der Waals surface area contributed by atoms with Crippen LogP contribution in [0.3, 0.4) is 0 Å². The van der Waals surface area contributed by atoms with Gasteiger partial charge in [-0.05, 0) is 60.7 Å². The van der Waals surface area contributed by atoms with Crippen LogP contribution in [0, 0.1) is 25.5 Å². The second kappa shape index (κ2) is 9.74. The largest absolute Gasteiger partial charge is 0.479 e. The molecule has 168 valence electrons. The lowest BCUT2D eigenvalue weighted by atomic mass is 10.0. The van der Waals surface area contributed by atoms with Gasteiger partial charge < -0.3 is 20.3 Å². The molecule has 1 heterocycles. The summed E-state index contributed by atoms with van der Waals surface area (Å²) >= 11 is 0. The molecule has 0 aliphatic carbocycles. The summed E-state index contributed by atoms with van der Waals surface area (Å²) in [5.41, 5.74) is 8.88. The van der Waals surface area contributed by atoms with Gasteiger partial charge in [0.05, 0.1) is 0 Å². The first-order valence-electron chi connectivity index (χ1n) is 10.1. The van der Waals surface area contributed by atoms with E-state index >= 15 is 0 Å². The molecule has 6 nitrogen and oxygen atoms in total. The van der Waals surface area contributed by atoms with Crippen LogP contribution in [0.5, 0.6) is 17.5 Å². The van der Waals surface area contributed by atoms with Crippen molar-refractivity contribution in [3.63, 3.8) is 0 Å². The molecular formula is C24H24F2N2O4. The molecule has 3 N–H and O–H groups in total. The quantitative estimate of drug-likeness (QED) is 0.502. The van der Waals surface area contributed by atoms with Crippen molar-refractivity contribution in [2.45, 2.75) is 39.8 Å². The number of nitrogens with two attached hydrogens (primary N) is 1. The highest BCUT2D eigenvalue weighted by molar-refractivity contribution is 5.72. The molecule has 8 heteroatoms. The van der Waals surface area contributed by atoms with E-state index in [0.29, 0.717) is 6.54 Å². The van der Waals surface area contributed by atoms with Crippen molar-refractivity contribution in [3.8, 4) is 28.6 Å². The van der Waals surface area contributed by atoms with Gasteiger partial charge in [0.25, 0.3) is 11.8 Å². The van der Waals surface area contributed by atoms with Crippen molar-refractivity contribution >= 4 is 5.97 Å². The van der Waals surface area contributed by atoms with Crippen LogP contribution in [0.15, 0.2) is 42.5 Å². The molecule has 1 aromatic heterocycles. The number of rotatable bonds is 8. The second-order valence-corrected chi connectivity index (χ2v) is 7.37. The topological polar surface area (TPSA) is 94.7 Å². The van der Waals surface area contributed by atoms with Crippen molar-refractivity contribution in [1.29, 1.82) is 0 Å². The third-order valence-electron chi connectivity index (χ3n) is 4.90. The van der Waals surface area contributed by atoms with Crippen LogP contribution in [0.4, 0.5) is 8.78 Å². The number of benzene rings is 2. The van der Waals surface area contributed by atoms with Gasteiger partial charge in [0, 0.05) is 12.1 Å². The summed E-state index contributed by atoms with van der Waals surface area (Å²) in [7, 11) is 0. The molecule has 3 rings (SSSR count). The number of carboxylic acid groups (broad SMARTS) is 1. The molecule has 0 amide bonds. The zero-order valence-corrected chi connectivity index (χ0v) is 18.0. The smallest absolute Gasteiger partial charge is 0.344 e. The van der Waals surface area contributed by atoms with Crippen LogP contribution in [0.1, 0.15) is 30.0 Å². The summed E-state index contributed by atoms with van der Waals surface area (Å²) in [6.07, 6.45) is -1.25. The molecule has 2 aromatic carbocycles. The van der Waals surface area contributed by atoms with E-state index in [0.717, 1.165) is 22.3 Å².